The van der Waals surface area contributed by atoms with Crippen LogP contribution in [0.15, 0.2) is 48.5 Å². The number of rotatable bonds is 7. The molecule has 0 aromatic heterocycles. The number of carbonyl (C=O) groups is 3. The number of urea groups is 1. The summed E-state index contributed by atoms with van der Waals surface area (Å²) in [7, 11) is 0. The van der Waals surface area contributed by atoms with Gasteiger partial charge in [-0.15, -0.1) is 0 Å². The Hall–Kier alpha value is -3.82. The average Bonchev–Trinajstić information content (AvgIpc) is 2.95. The third-order valence-corrected chi connectivity index (χ3v) is 4.80. The van der Waals surface area contributed by atoms with Crippen molar-refractivity contribution in [2.75, 3.05) is 11.9 Å². The molecule has 1 saturated heterocycles. The lowest BCUT2D eigenvalue weighted by Gasteiger charge is -2.26. The van der Waals surface area contributed by atoms with Crippen LogP contribution in [-0.2, 0) is 15.1 Å². The van der Waals surface area contributed by atoms with Gasteiger partial charge in [-0.25, -0.2) is 9.18 Å². The molecule has 0 unspecified atom stereocenters. The van der Waals surface area contributed by atoms with Crippen molar-refractivity contribution in [3.63, 3.8) is 0 Å². The molecule has 0 bridgehead atoms. The van der Waals surface area contributed by atoms with E-state index in [1.807, 2.05) is 6.92 Å². The molecule has 156 valence electrons. The quantitative estimate of drug-likeness (QED) is 0.410. The molecule has 1 heterocycles. The van der Waals surface area contributed by atoms with E-state index in [4.69, 9.17) is 0 Å². The second kappa shape index (κ2) is 8.27. The molecule has 10 heteroatoms. The number of halogens is 1. The molecule has 0 spiro atoms. The van der Waals surface area contributed by atoms with Crippen LogP contribution >= 0.6 is 0 Å². The number of hydrogen-bond acceptors (Lipinski definition) is 5. The van der Waals surface area contributed by atoms with Crippen molar-refractivity contribution < 1.29 is 23.7 Å². The van der Waals surface area contributed by atoms with Gasteiger partial charge >= 0.3 is 6.03 Å². The predicted octanol–water partition coefficient (Wildman–Crippen LogP) is 2.92. The molecule has 2 N–H and O–H groups in total. The third-order valence-electron chi connectivity index (χ3n) is 4.80. The first-order valence-corrected chi connectivity index (χ1v) is 9.22. The molecule has 0 saturated carbocycles. The highest BCUT2D eigenvalue weighted by atomic mass is 19.1. The Bertz CT molecular complexity index is 1010. The number of carbonyl (C=O) groups excluding carboxylic acids is 3. The molecule has 30 heavy (non-hydrogen) atoms. The van der Waals surface area contributed by atoms with E-state index in [1.165, 1.54) is 0 Å². The second-order valence-corrected chi connectivity index (χ2v) is 6.81. The molecule has 2 aromatic carbocycles. The predicted molar refractivity (Wildman–Crippen MR) is 105 cm³/mol. The summed E-state index contributed by atoms with van der Waals surface area (Å²) in [6.45, 7) is 1.23. The van der Waals surface area contributed by atoms with Crippen molar-refractivity contribution in [1.82, 2.24) is 10.2 Å². The highest BCUT2D eigenvalue weighted by Gasteiger charge is 2.52. The van der Waals surface area contributed by atoms with Crippen molar-refractivity contribution in [1.29, 1.82) is 0 Å². The fourth-order valence-corrected chi connectivity index (χ4v) is 3.47. The van der Waals surface area contributed by atoms with E-state index in [0.717, 1.165) is 17.0 Å². The molecule has 1 aliphatic heterocycles. The molecule has 2 aromatic rings. The van der Waals surface area contributed by atoms with Crippen molar-refractivity contribution in [2.45, 2.75) is 25.3 Å². The number of hydrogen-bond donors (Lipinski definition) is 2. The van der Waals surface area contributed by atoms with E-state index < -0.39 is 46.4 Å². The maximum absolute atomic E-state index is 13.3. The first kappa shape index (κ1) is 20.9. The SMILES string of the molecule is CCC[C@]1(c2ccccc2)NC(=O)N(CC(=O)Nc2ccc(F)cc2[N+](=O)[O-])C1=O. The van der Waals surface area contributed by atoms with E-state index in [9.17, 15) is 28.9 Å². The first-order chi connectivity index (χ1) is 14.3. The lowest BCUT2D eigenvalue weighted by atomic mass is 9.85. The Morgan fingerprint density at radius 1 is 1.23 bits per heavy atom. The Balaban J connectivity index is 1.82. The zero-order chi connectivity index (χ0) is 21.9. The third kappa shape index (κ3) is 3.84. The normalized spacial score (nSPS) is 18.3. The largest absolute Gasteiger partial charge is 0.325 e. The fourth-order valence-electron chi connectivity index (χ4n) is 3.47. The second-order valence-electron chi connectivity index (χ2n) is 6.81. The van der Waals surface area contributed by atoms with Gasteiger partial charge in [-0.1, -0.05) is 43.7 Å². The van der Waals surface area contributed by atoms with Gasteiger partial charge < -0.3 is 10.6 Å². The van der Waals surface area contributed by atoms with E-state index in [0.29, 0.717) is 24.5 Å². The highest BCUT2D eigenvalue weighted by Crippen LogP contribution is 2.33. The molecule has 9 nitrogen and oxygen atoms in total. The summed E-state index contributed by atoms with van der Waals surface area (Å²) in [5, 5.41) is 16.0. The minimum Gasteiger partial charge on any atom is -0.319 e. The molecule has 1 fully saturated rings. The van der Waals surface area contributed by atoms with Crippen LogP contribution in [0.1, 0.15) is 25.3 Å². The van der Waals surface area contributed by atoms with Crippen LogP contribution in [-0.4, -0.2) is 34.2 Å². The number of nitrogens with zero attached hydrogens (tertiary/aromatic N) is 2. The monoisotopic (exact) mass is 414 g/mol. The maximum atomic E-state index is 13.3. The van der Waals surface area contributed by atoms with Crippen molar-refractivity contribution in [2.24, 2.45) is 0 Å². The van der Waals surface area contributed by atoms with Gasteiger partial charge in [0.25, 0.3) is 11.6 Å². The number of imide groups is 1. The smallest absolute Gasteiger partial charge is 0.319 e. The lowest BCUT2D eigenvalue weighted by Crippen LogP contribution is -2.44. The number of nitro groups is 1. The Morgan fingerprint density at radius 2 is 1.93 bits per heavy atom. The summed E-state index contributed by atoms with van der Waals surface area (Å²) < 4.78 is 13.3. The number of nitro benzene ring substituents is 1. The minimum atomic E-state index is -1.28. The van der Waals surface area contributed by atoms with E-state index in [2.05, 4.69) is 10.6 Å². The average molecular weight is 414 g/mol. The molecule has 1 atom stereocenters. The van der Waals surface area contributed by atoms with Gasteiger partial charge in [-0.05, 0) is 24.1 Å². The van der Waals surface area contributed by atoms with Gasteiger partial charge in [0.05, 0.1) is 11.0 Å². The zero-order valence-corrected chi connectivity index (χ0v) is 16.1. The van der Waals surface area contributed by atoms with Gasteiger partial charge in [-0.3, -0.25) is 24.6 Å². The van der Waals surface area contributed by atoms with E-state index in [-0.39, 0.29) is 5.69 Å². The summed E-state index contributed by atoms with van der Waals surface area (Å²) in [5.74, 6) is -2.24. The summed E-state index contributed by atoms with van der Waals surface area (Å²) in [4.78, 5) is 49.1. The molecule has 0 radical (unpaired) electrons. The summed E-state index contributed by atoms with van der Waals surface area (Å²) in [6, 6.07) is 10.7. The van der Waals surface area contributed by atoms with Crippen LogP contribution in [0.5, 0.6) is 0 Å². The van der Waals surface area contributed by atoms with Gasteiger partial charge in [-0.2, -0.15) is 0 Å². The van der Waals surface area contributed by atoms with Gasteiger partial charge in [0.1, 0.15) is 23.6 Å². The number of amides is 4. The molecular weight excluding hydrogens is 395 g/mol. The Morgan fingerprint density at radius 3 is 2.57 bits per heavy atom. The van der Waals surface area contributed by atoms with Crippen LogP contribution in [0.25, 0.3) is 0 Å². The number of anilines is 1. The molecule has 4 amide bonds. The maximum Gasteiger partial charge on any atom is 0.325 e. The van der Waals surface area contributed by atoms with Crippen LogP contribution in [0.3, 0.4) is 0 Å². The van der Waals surface area contributed by atoms with Gasteiger partial charge in [0, 0.05) is 0 Å². The molecule has 3 rings (SSSR count). The Labute approximate surface area is 171 Å². The minimum absolute atomic E-state index is 0.235. The summed E-state index contributed by atoms with van der Waals surface area (Å²) >= 11 is 0. The van der Waals surface area contributed by atoms with Crippen LogP contribution in [0, 0.1) is 15.9 Å². The number of nitrogens with one attached hydrogen (secondary N) is 2. The van der Waals surface area contributed by atoms with Crippen LogP contribution in [0.2, 0.25) is 0 Å². The standard InChI is InChI=1S/C20H19FN4O5/c1-2-10-20(13-6-4-3-5-7-13)18(27)24(19(28)23-20)12-17(26)22-15-9-8-14(21)11-16(15)25(29)30/h3-9,11H,2,10,12H2,1H3,(H,22,26)(H,23,28)/t20-/m1/s1. The van der Waals surface area contributed by atoms with Gasteiger partial charge in [0.2, 0.25) is 5.91 Å². The number of benzene rings is 2. The van der Waals surface area contributed by atoms with Crippen LogP contribution < -0.4 is 10.6 Å². The summed E-state index contributed by atoms with van der Waals surface area (Å²) in [6.07, 6.45) is 0.936. The van der Waals surface area contributed by atoms with E-state index >= 15 is 0 Å². The summed E-state index contributed by atoms with van der Waals surface area (Å²) in [5.41, 5.74) is -1.55. The Kier molecular flexibility index (Phi) is 5.77. The van der Waals surface area contributed by atoms with Crippen LogP contribution in [0.4, 0.5) is 20.6 Å². The van der Waals surface area contributed by atoms with E-state index in [1.54, 1.807) is 30.3 Å². The van der Waals surface area contributed by atoms with Crippen molar-refractivity contribution in [3.05, 3.63) is 70.0 Å². The molecule has 0 aliphatic carbocycles. The first-order valence-electron chi connectivity index (χ1n) is 9.22. The highest BCUT2D eigenvalue weighted by molar-refractivity contribution is 6.10. The zero-order valence-electron chi connectivity index (χ0n) is 16.1. The topological polar surface area (TPSA) is 122 Å². The van der Waals surface area contributed by atoms with Crippen molar-refractivity contribution in [3.8, 4) is 0 Å². The van der Waals surface area contributed by atoms with Crippen molar-refractivity contribution >= 4 is 29.2 Å². The van der Waals surface area contributed by atoms with Gasteiger partial charge in [0.15, 0.2) is 0 Å². The fraction of sp³-hybridized carbons (Fsp3) is 0.250. The lowest BCUT2D eigenvalue weighted by molar-refractivity contribution is -0.384. The molecule has 1 aliphatic rings. The molecular formula is C20H19FN4O5.